The molecule has 0 spiro atoms. The molecule has 3 rings (SSSR count). The van der Waals surface area contributed by atoms with Gasteiger partial charge in [0.25, 0.3) is 0 Å². The zero-order chi connectivity index (χ0) is 16.7. The van der Waals surface area contributed by atoms with E-state index in [1.165, 1.54) is 19.1 Å². The Balaban J connectivity index is 2.31. The molecule has 0 fully saturated rings. The molecule has 0 aliphatic carbocycles. The third-order valence-corrected chi connectivity index (χ3v) is 4.42. The molecular weight excluding hydrogens is 381 g/mol. The number of carbonyl (C=O) groups is 1. The fourth-order valence-electron chi connectivity index (χ4n) is 2.51. The number of benzene rings is 2. The van der Waals surface area contributed by atoms with E-state index >= 15 is 0 Å². The first-order valence-electron chi connectivity index (χ1n) is 6.84. The van der Waals surface area contributed by atoms with Crippen molar-refractivity contribution < 1.29 is 13.6 Å². The van der Waals surface area contributed by atoms with Gasteiger partial charge in [-0.25, -0.2) is 4.39 Å². The molecular formula is C17H13BrFNO2S. The minimum absolute atomic E-state index is 0.109. The molecule has 3 aromatic rings. The van der Waals surface area contributed by atoms with Crippen LogP contribution in [0.15, 0.2) is 45.3 Å². The molecule has 0 atom stereocenters. The molecule has 2 aromatic carbocycles. The molecule has 1 aromatic heterocycles. The predicted octanol–water partition coefficient (Wildman–Crippen LogP) is 5.49. The van der Waals surface area contributed by atoms with E-state index < -0.39 is 0 Å². The molecule has 0 saturated heterocycles. The second-order valence-electron chi connectivity index (χ2n) is 5.19. The summed E-state index contributed by atoms with van der Waals surface area (Å²) >= 11 is 7.77. The average molecular weight is 394 g/mol. The summed E-state index contributed by atoms with van der Waals surface area (Å²) in [6, 6.07) is 9.53. The number of carbonyl (C=O) groups excluding carboxylic acids is 1. The van der Waals surface area contributed by atoms with Crippen molar-refractivity contribution in [2.45, 2.75) is 6.92 Å². The molecule has 0 aliphatic heterocycles. The molecule has 0 unspecified atom stereocenters. The van der Waals surface area contributed by atoms with E-state index in [0.717, 1.165) is 10.2 Å². The molecule has 1 heterocycles. The lowest BCUT2D eigenvalue weighted by Crippen LogP contribution is -2.01. The number of Topliss-reactive ketones (excluding diaryl/α,β-unsaturated/α-hetero) is 1. The number of nitrogens with zero attached hydrogens (tertiary/aromatic N) is 1. The Morgan fingerprint density at radius 1 is 1.26 bits per heavy atom. The van der Waals surface area contributed by atoms with Crippen LogP contribution in [0.5, 0.6) is 0 Å². The molecule has 0 saturated carbocycles. The van der Waals surface area contributed by atoms with E-state index in [2.05, 4.69) is 28.7 Å². The summed E-state index contributed by atoms with van der Waals surface area (Å²) in [7, 11) is 1.80. The normalized spacial score (nSPS) is 11.0. The fraction of sp³-hybridized carbons (Fsp3) is 0.118. The average Bonchev–Trinajstić information content (AvgIpc) is 2.85. The molecule has 0 aliphatic rings. The van der Waals surface area contributed by atoms with Gasteiger partial charge in [0.15, 0.2) is 5.78 Å². The first-order chi connectivity index (χ1) is 10.9. The number of hydrogen-bond acceptors (Lipinski definition) is 4. The number of thiol groups is 1. The largest absolute Gasteiger partial charge is 0.455 e. The summed E-state index contributed by atoms with van der Waals surface area (Å²) < 4.78 is 21.5. The second-order valence-corrected chi connectivity index (χ2v) is 6.65. The van der Waals surface area contributed by atoms with Crippen LogP contribution in [0.2, 0.25) is 0 Å². The van der Waals surface area contributed by atoms with E-state index in [4.69, 9.17) is 4.42 Å². The van der Waals surface area contributed by atoms with Gasteiger partial charge in [-0.2, -0.15) is 0 Å². The summed E-state index contributed by atoms with van der Waals surface area (Å²) in [6.45, 7) is 1.49. The lowest BCUT2D eigenvalue weighted by atomic mass is 10.0. The standard InChI is InChI=1S/C17H13BrFNO2S/c1-9(21)16-12-7-13(18)14(20(2)23)8-15(12)22-17(16)10-3-5-11(19)6-4-10/h3-8,23H,1-2H3. The van der Waals surface area contributed by atoms with Gasteiger partial charge in [-0.1, -0.05) is 12.8 Å². The molecule has 23 heavy (non-hydrogen) atoms. The topological polar surface area (TPSA) is 33.5 Å². The zero-order valence-electron chi connectivity index (χ0n) is 12.4. The summed E-state index contributed by atoms with van der Waals surface area (Å²) in [4.78, 5) is 12.1. The van der Waals surface area contributed by atoms with Crippen LogP contribution < -0.4 is 4.31 Å². The van der Waals surface area contributed by atoms with E-state index in [1.54, 1.807) is 23.5 Å². The van der Waals surface area contributed by atoms with Crippen LogP contribution in [0, 0.1) is 5.82 Å². The number of halogens is 2. The van der Waals surface area contributed by atoms with Crippen LogP contribution in [0.4, 0.5) is 10.1 Å². The van der Waals surface area contributed by atoms with Crippen LogP contribution in [0.25, 0.3) is 22.3 Å². The Labute approximate surface area is 146 Å². The Hall–Kier alpha value is -1.79. The zero-order valence-corrected chi connectivity index (χ0v) is 14.9. The highest BCUT2D eigenvalue weighted by atomic mass is 79.9. The van der Waals surface area contributed by atoms with Crippen LogP contribution in [-0.2, 0) is 0 Å². The van der Waals surface area contributed by atoms with Gasteiger partial charge < -0.3 is 8.72 Å². The predicted molar refractivity (Wildman–Crippen MR) is 96.7 cm³/mol. The lowest BCUT2D eigenvalue weighted by Gasteiger charge is -2.12. The fourth-order valence-corrected chi connectivity index (χ4v) is 3.42. The van der Waals surface area contributed by atoms with Crippen molar-refractivity contribution >= 4 is 51.2 Å². The van der Waals surface area contributed by atoms with Gasteiger partial charge in [0, 0.05) is 28.5 Å². The highest BCUT2D eigenvalue weighted by molar-refractivity contribution is 9.10. The van der Waals surface area contributed by atoms with Gasteiger partial charge in [-0.15, -0.1) is 0 Å². The van der Waals surface area contributed by atoms with E-state index in [0.29, 0.717) is 27.9 Å². The van der Waals surface area contributed by atoms with E-state index in [-0.39, 0.29) is 11.6 Å². The maximum atomic E-state index is 13.1. The first kappa shape index (κ1) is 16.1. The lowest BCUT2D eigenvalue weighted by molar-refractivity contribution is 0.101. The maximum Gasteiger partial charge on any atom is 0.164 e. The van der Waals surface area contributed by atoms with Crippen LogP contribution in [0.1, 0.15) is 17.3 Å². The van der Waals surface area contributed by atoms with Gasteiger partial charge in [-0.05, 0) is 53.2 Å². The van der Waals surface area contributed by atoms with Gasteiger partial charge >= 0.3 is 0 Å². The highest BCUT2D eigenvalue weighted by Gasteiger charge is 2.21. The van der Waals surface area contributed by atoms with Crippen molar-refractivity contribution in [2.24, 2.45) is 0 Å². The van der Waals surface area contributed by atoms with Crippen LogP contribution in [0.3, 0.4) is 0 Å². The molecule has 3 nitrogen and oxygen atoms in total. The number of anilines is 1. The van der Waals surface area contributed by atoms with Crippen molar-refractivity contribution in [3.05, 3.63) is 52.3 Å². The number of rotatable bonds is 3. The minimum Gasteiger partial charge on any atom is -0.455 e. The summed E-state index contributed by atoms with van der Waals surface area (Å²) in [5, 5.41) is 0.711. The second kappa shape index (κ2) is 6.02. The summed E-state index contributed by atoms with van der Waals surface area (Å²) in [6.07, 6.45) is 0. The SMILES string of the molecule is CC(=O)c1c(-c2ccc(F)cc2)oc2cc(N(C)S)c(Br)cc12. The minimum atomic E-state index is -0.337. The van der Waals surface area contributed by atoms with Crippen molar-refractivity contribution in [1.29, 1.82) is 0 Å². The van der Waals surface area contributed by atoms with Gasteiger partial charge in [0.1, 0.15) is 17.2 Å². The molecule has 0 radical (unpaired) electrons. The summed E-state index contributed by atoms with van der Waals surface area (Å²) in [5.41, 5.74) is 2.54. The van der Waals surface area contributed by atoms with Gasteiger partial charge in [-0.3, -0.25) is 4.79 Å². The summed E-state index contributed by atoms with van der Waals surface area (Å²) in [5.74, 6) is -0.00344. The van der Waals surface area contributed by atoms with Gasteiger partial charge in [0.2, 0.25) is 0 Å². The van der Waals surface area contributed by atoms with Crippen molar-refractivity contribution in [3.63, 3.8) is 0 Å². The van der Waals surface area contributed by atoms with Crippen LogP contribution in [-0.4, -0.2) is 12.8 Å². The number of ketones is 1. The Morgan fingerprint density at radius 3 is 2.48 bits per heavy atom. The quantitative estimate of drug-likeness (QED) is 0.472. The Bertz CT molecular complexity index is 903. The first-order valence-corrected chi connectivity index (χ1v) is 8.03. The number of fused-ring (bicyclic) bond motifs is 1. The third kappa shape index (κ3) is 2.88. The van der Waals surface area contributed by atoms with Gasteiger partial charge in [0.05, 0.1) is 11.3 Å². The Morgan fingerprint density at radius 2 is 1.91 bits per heavy atom. The Kier molecular flexibility index (Phi) is 4.21. The molecule has 0 amide bonds. The number of furan rings is 1. The smallest absolute Gasteiger partial charge is 0.164 e. The molecule has 118 valence electrons. The van der Waals surface area contributed by atoms with Crippen molar-refractivity contribution in [2.75, 3.05) is 11.4 Å². The van der Waals surface area contributed by atoms with Crippen LogP contribution >= 0.6 is 28.7 Å². The highest BCUT2D eigenvalue weighted by Crippen LogP contribution is 2.39. The van der Waals surface area contributed by atoms with E-state index in [9.17, 15) is 9.18 Å². The monoisotopic (exact) mass is 393 g/mol. The molecule has 0 N–H and O–H groups in total. The maximum absolute atomic E-state index is 13.1. The number of hydrogen-bond donors (Lipinski definition) is 1. The van der Waals surface area contributed by atoms with E-state index in [1.807, 2.05) is 12.1 Å². The van der Waals surface area contributed by atoms with Crippen molar-refractivity contribution in [1.82, 2.24) is 0 Å². The molecule has 0 bridgehead atoms. The molecule has 6 heteroatoms. The van der Waals surface area contributed by atoms with Crippen molar-refractivity contribution in [3.8, 4) is 11.3 Å². The third-order valence-electron chi connectivity index (χ3n) is 3.56.